The molecule has 1 aromatic carbocycles. The summed E-state index contributed by atoms with van der Waals surface area (Å²) >= 11 is 0.924. The molecule has 0 bridgehead atoms. The number of carbonyl (C=O) groups is 2. The minimum Gasteiger partial charge on any atom is -0.490 e. The Hall–Kier alpha value is -3.19. The van der Waals surface area contributed by atoms with Crippen LogP contribution in [-0.2, 0) is 4.74 Å². The van der Waals surface area contributed by atoms with E-state index in [4.69, 9.17) is 9.47 Å². The first-order valence-corrected chi connectivity index (χ1v) is 9.37. The standard InChI is InChI=1S/C19H18F2N2O5S/c1-4-26-14-8-11(6-7-13(14)28-19(20)21)16(24)23-17-12(9-22)10(3)15(29-17)18(25)27-5-2/h6-8,19H,4-5H2,1-3H3,(H,23,24). The number of nitriles is 1. The number of rotatable bonds is 8. The third-order valence-electron chi connectivity index (χ3n) is 3.67. The van der Waals surface area contributed by atoms with Crippen LogP contribution in [0.25, 0.3) is 0 Å². The fourth-order valence-corrected chi connectivity index (χ4v) is 3.46. The number of nitrogens with zero attached hydrogens (tertiary/aromatic N) is 1. The number of hydrogen-bond donors (Lipinski definition) is 1. The maximum absolute atomic E-state index is 12.6. The van der Waals surface area contributed by atoms with E-state index in [1.807, 2.05) is 6.07 Å². The van der Waals surface area contributed by atoms with Crippen LogP contribution < -0.4 is 14.8 Å². The monoisotopic (exact) mass is 424 g/mol. The van der Waals surface area contributed by atoms with Gasteiger partial charge < -0.3 is 19.5 Å². The molecule has 1 heterocycles. The van der Waals surface area contributed by atoms with Crippen LogP contribution in [0.2, 0.25) is 0 Å². The number of thiophene rings is 1. The number of nitrogens with one attached hydrogen (secondary N) is 1. The molecule has 0 aliphatic rings. The first kappa shape index (κ1) is 22.1. The molecule has 154 valence electrons. The maximum Gasteiger partial charge on any atom is 0.387 e. The van der Waals surface area contributed by atoms with Crippen molar-refractivity contribution in [2.75, 3.05) is 18.5 Å². The van der Waals surface area contributed by atoms with Gasteiger partial charge in [0.25, 0.3) is 5.91 Å². The van der Waals surface area contributed by atoms with Gasteiger partial charge in [0.1, 0.15) is 15.9 Å². The van der Waals surface area contributed by atoms with Gasteiger partial charge in [0.2, 0.25) is 0 Å². The molecule has 0 aliphatic carbocycles. The summed E-state index contributed by atoms with van der Waals surface area (Å²) in [6.45, 7) is 2.21. The van der Waals surface area contributed by atoms with Gasteiger partial charge in [0.15, 0.2) is 11.5 Å². The Morgan fingerprint density at radius 1 is 1.24 bits per heavy atom. The molecular weight excluding hydrogens is 406 g/mol. The van der Waals surface area contributed by atoms with Crippen molar-refractivity contribution in [3.05, 3.63) is 39.8 Å². The number of esters is 1. The van der Waals surface area contributed by atoms with Crippen LogP contribution in [0, 0.1) is 18.3 Å². The number of amides is 1. The average Bonchev–Trinajstić information content (AvgIpc) is 2.98. The van der Waals surface area contributed by atoms with E-state index in [0.29, 0.717) is 5.56 Å². The highest BCUT2D eigenvalue weighted by Crippen LogP contribution is 2.34. The van der Waals surface area contributed by atoms with E-state index in [-0.39, 0.29) is 45.7 Å². The van der Waals surface area contributed by atoms with Gasteiger partial charge in [0.05, 0.1) is 18.8 Å². The molecule has 0 spiro atoms. The molecule has 0 fully saturated rings. The molecule has 0 unspecified atom stereocenters. The fraction of sp³-hybridized carbons (Fsp3) is 0.316. The summed E-state index contributed by atoms with van der Waals surface area (Å²) in [7, 11) is 0. The van der Waals surface area contributed by atoms with E-state index in [0.717, 1.165) is 11.3 Å². The number of anilines is 1. The SMILES string of the molecule is CCOC(=O)c1sc(NC(=O)c2ccc(OC(F)F)c(OCC)c2)c(C#N)c1C. The van der Waals surface area contributed by atoms with Crippen LogP contribution in [0.3, 0.4) is 0 Å². The highest BCUT2D eigenvalue weighted by atomic mass is 32.1. The van der Waals surface area contributed by atoms with E-state index >= 15 is 0 Å². The molecule has 1 N–H and O–H groups in total. The van der Waals surface area contributed by atoms with Crippen LogP contribution in [-0.4, -0.2) is 31.7 Å². The van der Waals surface area contributed by atoms with Crippen LogP contribution in [0.5, 0.6) is 11.5 Å². The lowest BCUT2D eigenvalue weighted by atomic mass is 10.1. The number of benzene rings is 1. The van der Waals surface area contributed by atoms with Gasteiger partial charge in [-0.1, -0.05) is 0 Å². The summed E-state index contributed by atoms with van der Waals surface area (Å²) in [6.07, 6.45) is 0. The molecule has 0 radical (unpaired) electrons. The van der Waals surface area contributed by atoms with Crippen LogP contribution in [0.1, 0.15) is 45.0 Å². The number of ether oxygens (including phenoxy) is 3. The third-order valence-corrected chi connectivity index (χ3v) is 4.86. The molecule has 2 aromatic rings. The largest absolute Gasteiger partial charge is 0.490 e. The van der Waals surface area contributed by atoms with Crippen molar-refractivity contribution in [3.8, 4) is 17.6 Å². The third kappa shape index (κ3) is 5.20. The second-order valence-corrected chi connectivity index (χ2v) is 6.54. The Kier molecular flexibility index (Phi) is 7.50. The Bertz CT molecular complexity index is 953. The lowest BCUT2D eigenvalue weighted by Crippen LogP contribution is -2.13. The van der Waals surface area contributed by atoms with Gasteiger partial charge >= 0.3 is 12.6 Å². The predicted molar refractivity (Wildman–Crippen MR) is 102 cm³/mol. The molecule has 7 nitrogen and oxygen atoms in total. The summed E-state index contributed by atoms with van der Waals surface area (Å²) in [5.41, 5.74) is 0.652. The second-order valence-electron chi connectivity index (χ2n) is 5.52. The Labute approximate surface area is 169 Å². The topological polar surface area (TPSA) is 97.7 Å². The second kappa shape index (κ2) is 9.84. The summed E-state index contributed by atoms with van der Waals surface area (Å²) in [6, 6.07) is 5.70. The molecular formula is C19H18F2N2O5S. The highest BCUT2D eigenvalue weighted by Gasteiger charge is 2.23. The average molecular weight is 424 g/mol. The molecule has 1 aromatic heterocycles. The first-order valence-electron chi connectivity index (χ1n) is 8.55. The Morgan fingerprint density at radius 2 is 1.97 bits per heavy atom. The van der Waals surface area contributed by atoms with Crippen molar-refractivity contribution in [3.63, 3.8) is 0 Å². The van der Waals surface area contributed by atoms with Crippen molar-refractivity contribution >= 4 is 28.2 Å². The van der Waals surface area contributed by atoms with E-state index in [9.17, 15) is 23.6 Å². The van der Waals surface area contributed by atoms with Crippen molar-refractivity contribution < 1.29 is 32.6 Å². The molecule has 10 heteroatoms. The van der Waals surface area contributed by atoms with Gasteiger partial charge in [-0.05, 0) is 44.5 Å². The Balaban J connectivity index is 2.32. The number of carbonyl (C=O) groups excluding carboxylic acids is 2. The molecule has 2 rings (SSSR count). The molecule has 1 amide bonds. The van der Waals surface area contributed by atoms with Gasteiger partial charge in [-0.15, -0.1) is 11.3 Å². The smallest absolute Gasteiger partial charge is 0.387 e. The quantitative estimate of drug-likeness (QED) is 0.633. The first-order chi connectivity index (χ1) is 13.8. The summed E-state index contributed by atoms with van der Waals surface area (Å²) in [4.78, 5) is 24.9. The number of hydrogen-bond acceptors (Lipinski definition) is 7. The maximum atomic E-state index is 12.6. The molecule has 0 saturated heterocycles. The summed E-state index contributed by atoms with van der Waals surface area (Å²) < 4.78 is 39.6. The van der Waals surface area contributed by atoms with Crippen molar-refractivity contribution in [1.82, 2.24) is 0 Å². The predicted octanol–water partition coefficient (Wildman–Crippen LogP) is 4.36. The van der Waals surface area contributed by atoms with Crippen LogP contribution in [0.15, 0.2) is 18.2 Å². The molecule has 0 aliphatic heterocycles. The van der Waals surface area contributed by atoms with E-state index in [2.05, 4.69) is 10.1 Å². The summed E-state index contributed by atoms with van der Waals surface area (Å²) in [5.74, 6) is -1.41. The van der Waals surface area contributed by atoms with Crippen molar-refractivity contribution in [2.24, 2.45) is 0 Å². The normalized spacial score (nSPS) is 10.4. The number of alkyl halides is 2. The van der Waals surface area contributed by atoms with E-state index < -0.39 is 18.5 Å². The minimum absolute atomic E-state index is 0.0180. The van der Waals surface area contributed by atoms with E-state index in [1.165, 1.54) is 18.2 Å². The molecule has 0 atom stereocenters. The lowest BCUT2D eigenvalue weighted by Gasteiger charge is -2.12. The van der Waals surface area contributed by atoms with Crippen molar-refractivity contribution in [2.45, 2.75) is 27.4 Å². The minimum atomic E-state index is -3.04. The van der Waals surface area contributed by atoms with Gasteiger partial charge in [-0.2, -0.15) is 14.0 Å². The zero-order valence-electron chi connectivity index (χ0n) is 15.9. The van der Waals surface area contributed by atoms with Crippen LogP contribution in [0.4, 0.5) is 13.8 Å². The van der Waals surface area contributed by atoms with Gasteiger partial charge in [0, 0.05) is 5.56 Å². The lowest BCUT2D eigenvalue weighted by molar-refractivity contribution is -0.0514. The zero-order chi connectivity index (χ0) is 21.6. The molecule has 29 heavy (non-hydrogen) atoms. The summed E-state index contributed by atoms with van der Waals surface area (Å²) in [5, 5.41) is 12.1. The zero-order valence-corrected chi connectivity index (χ0v) is 16.7. The van der Waals surface area contributed by atoms with E-state index in [1.54, 1.807) is 20.8 Å². The highest BCUT2D eigenvalue weighted by molar-refractivity contribution is 7.18. The number of halogens is 2. The van der Waals surface area contributed by atoms with Crippen LogP contribution >= 0.6 is 11.3 Å². The van der Waals surface area contributed by atoms with Gasteiger partial charge in [-0.3, -0.25) is 4.79 Å². The van der Waals surface area contributed by atoms with Gasteiger partial charge in [-0.25, -0.2) is 4.79 Å². The fourth-order valence-electron chi connectivity index (χ4n) is 2.41. The Morgan fingerprint density at radius 3 is 2.55 bits per heavy atom. The molecule has 0 saturated carbocycles. The van der Waals surface area contributed by atoms with Crippen molar-refractivity contribution in [1.29, 1.82) is 5.26 Å².